The molecule has 1 rings (SSSR count). The summed E-state index contributed by atoms with van der Waals surface area (Å²) in [6, 6.07) is 3.98. The summed E-state index contributed by atoms with van der Waals surface area (Å²) in [7, 11) is 0. The second-order valence-electron chi connectivity index (χ2n) is 3.96. The molecule has 0 heterocycles. The Labute approximate surface area is 116 Å². The van der Waals surface area contributed by atoms with Gasteiger partial charge < -0.3 is 19.5 Å². The zero-order valence-electron chi connectivity index (χ0n) is 12.4. The average Bonchev–Trinajstić information content (AvgIpc) is 2.42. The summed E-state index contributed by atoms with van der Waals surface area (Å²) in [6.45, 7) is 11.5. The molecule has 0 saturated carbocycles. The van der Waals surface area contributed by atoms with Crippen molar-refractivity contribution in [3.63, 3.8) is 0 Å². The molecule has 0 aromatic heterocycles. The molecule has 0 saturated heterocycles. The molecule has 0 radical (unpaired) electrons. The van der Waals surface area contributed by atoms with Gasteiger partial charge in [-0.1, -0.05) is 13.0 Å². The Balaban J connectivity index is 3.14. The van der Waals surface area contributed by atoms with E-state index in [1.165, 1.54) is 0 Å². The molecule has 4 nitrogen and oxygen atoms in total. The molecule has 1 N–H and O–H groups in total. The molecule has 0 amide bonds. The molecule has 0 aliphatic carbocycles. The van der Waals surface area contributed by atoms with Gasteiger partial charge in [0.2, 0.25) is 5.75 Å². The van der Waals surface area contributed by atoms with Gasteiger partial charge >= 0.3 is 0 Å². The van der Waals surface area contributed by atoms with Gasteiger partial charge in [0.05, 0.1) is 19.8 Å². The van der Waals surface area contributed by atoms with Crippen LogP contribution in [0.3, 0.4) is 0 Å². The van der Waals surface area contributed by atoms with E-state index in [9.17, 15) is 0 Å². The van der Waals surface area contributed by atoms with Crippen molar-refractivity contribution < 1.29 is 14.2 Å². The molecule has 0 bridgehead atoms. The number of ether oxygens (including phenoxy) is 3. The molecule has 1 aromatic rings. The van der Waals surface area contributed by atoms with Gasteiger partial charge in [0.1, 0.15) is 0 Å². The van der Waals surface area contributed by atoms with Crippen LogP contribution in [-0.4, -0.2) is 26.4 Å². The minimum absolute atomic E-state index is 0.588. The highest BCUT2D eigenvalue weighted by molar-refractivity contribution is 5.55. The molecule has 0 aliphatic heterocycles. The van der Waals surface area contributed by atoms with Crippen LogP contribution in [0.2, 0.25) is 0 Å². The van der Waals surface area contributed by atoms with Crippen molar-refractivity contribution in [2.75, 3.05) is 26.4 Å². The Morgan fingerprint density at radius 3 is 2.05 bits per heavy atom. The molecule has 1 aromatic carbocycles. The highest BCUT2D eigenvalue weighted by atomic mass is 16.5. The summed E-state index contributed by atoms with van der Waals surface area (Å²) in [5.41, 5.74) is 1.09. The third kappa shape index (κ3) is 4.31. The topological polar surface area (TPSA) is 39.7 Å². The zero-order valence-corrected chi connectivity index (χ0v) is 12.4. The van der Waals surface area contributed by atoms with Gasteiger partial charge in [-0.25, -0.2) is 0 Å². The lowest BCUT2D eigenvalue weighted by atomic mass is 10.1. The lowest BCUT2D eigenvalue weighted by molar-refractivity contribution is 0.259. The first kappa shape index (κ1) is 15.6. The van der Waals surface area contributed by atoms with Gasteiger partial charge in [0, 0.05) is 12.1 Å². The summed E-state index contributed by atoms with van der Waals surface area (Å²) in [4.78, 5) is 0. The van der Waals surface area contributed by atoms with Crippen LogP contribution in [0, 0.1) is 0 Å². The van der Waals surface area contributed by atoms with Gasteiger partial charge in [0.15, 0.2) is 11.5 Å². The molecule has 19 heavy (non-hydrogen) atoms. The molecule has 4 heteroatoms. The minimum atomic E-state index is 0.588. The molecule has 0 aliphatic rings. The highest BCUT2D eigenvalue weighted by Gasteiger charge is 2.16. The van der Waals surface area contributed by atoms with E-state index in [-0.39, 0.29) is 0 Å². The fourth-order valence-electron chi connectivity index (χ4n) is 1.84. The number of hydrogen-bond acceptors (Lipinski definition) is 4. The van der Waals surface area contributed by atoms with Crippen molar-refractivity contribution in [3.05, 3.63) is 17.7 Å². The Kier molecular flexibility index (Phi) is 7.11. The Morgan fingerprint density at radius 2 is 1.47 bits per heavy atom. The SMILES string of the molecule is CCNCc1ccc(OCC)c(OCC)c1OCC. The van der Waals surface area contributed by atoms with Gasteiger partial charge in [-0.05, 0) is 33.4 Å². The van der Waals surface area contributed by atoms with Crippen LogP contribution in [0.1, 0.15) is 33.3 Å². The number of benzene rings is 1. The minimum Gasteiger partial charge on any atom is -0.490 e. The first-order valence-electron chi connectivity index (χ1n) is 7.03. The molecule has 0 spiro atoms. The van der Waals surface area contributed by atoms with E-state index < -0.39 is 0 Å². The maximum Gasteiger partial charge on any atom is 0.203 e. The molecule has 108 valence electrons. The van der Waals surface area contributed by atoms with E-state index in [0.29, 0.717) is 25.6 Å². The molecule has 0 fully saturated rings. The second-order valence-corrected chi connectivity index (χ2v) is 3.96. The van der Waals surface area contributed by atoms with Crippen LogP contribution < -0.4 is 19.5 Å². The second kappa shape index (κ2) is 8.64. The Morgan fingerprint density at radius 1 is 0.842 bits per heavy atom. The van der Waals surface area contributed by atoms with Gasteiger partial charge in [-0.3, -0.25) is 0 Å². The summed E-state index contributed by atoms with van der Waals surface area (Å²) in [6.07, 6.45) is 0. The van der Waals surface area contributed by atoms with Crippen molar-refractivity contribution in [3.8, 4) is 17.2 Å². The first-order chi connectivity index (χ1) is 9.28. The molecular formula is C15H25NO3. The highest BCUT2D eigenvalue weighted by Crippen LogP contribution is 2.40. The third-order valence-corrected chi connectivity index (χ3v) is 2.60. The van der Waals surface area contributed by atoms with E-state index in [0.717, 1.165) is 30.2 Å². The van der Waals surface area contributed by atoms with Crippen molar-refractivity contribution >= 4 is 0 Å². The van der Waals surface area contributed by atoms with Gasteiger partial charge in [-0.15, -0.1) is 0 Å². The quantitative estimate of drug-likeness (QED) is 0.746. The van der Waals surface area contributed by atoms with Crippen molar-refractivity contribution in [2.24, 2.45) is 0 Å². The largest absolute Gasteiger partial charge is 0.490 e. The molecule has 0 atom stereocenters. The van der Waals surface area contributed by atoms with Crippen molar-refractivity contribution in [2.45, 2.75) is 34.2 Å². The van der Waals surface area contributed by atoms with E-state index in [2.05, 4.69) is 12.2 Å². The molecule has 0 unspecified atom stereocenters. The third-order valence-electron chi connectivity index (χ3n) is 2.60. The fraction of sp³-hybridized carbons (Fsp3) is 0.600. The fourth-order valence-corrected chi connectivity index (χ4v) is 1.84. The maximum atomic E-state index is 5.76. The maximum absolute atomic E-state index is 5.76. The van der Waals surface area contributed by atoms with E-state index in [4.69, 9.17) is 14.2 Å². The van der Waals surface area contributed by atoms with Crippen molar-refractivity contribution in [1.82, 2.24) is 5.32 Å². The first-order valence-corrected chi connectivity index (χ1v) is 7.03. The lowest BCUT2D eigenvalue weighted by Gasteiger charge is -2.18. The van der Waals surface area contributed by atoms with Gasteiger partial charge in [0.25, 0.3) is 0 Å². The Hall–Kier alpha value is -1.42. The molecular weight excluding hydrogens is 242 g/mol. The summed E-state index contributed by atoms with van der Waals surface area (Å²) >= 11 is 0. The van der Waals surface area contributed by atoms with Crippen LogP contribution in [0.4, 0.5) is 0 Å². The zero-order chi connectivity index (χ0) is 14.1. The number of rotatable bonds is 9. The smallest absolute Gasteiger partial charge is 0.203 e. The van der Waals surface area contributed by atoms with Crippen LogP contribution in [0.5, 0.6) is 17.2 Å². The number of hydrogen-bond donors (Lipinski definition) is 1. The van der Waals surface area contributed by atoms with Crippen molar-refractivity contribution in [1.29, 1.82) is 0 Å². The Bertz CT molecular complexity index is 380. The van der Waals surface area contributed by atoms with Crippen LogP contribution in [0.15, 0.2) is 12.1 Å². The monoisotopic (exact) mass is 267 g/mol. The van der Waals surface area contributed by atoms with Crippen LogP contribution >= 0.6 is 0 Å². The number of nitrogens with one attached hydrogen (secondary N) is 1. The van der Waals surface area contributed by atoms with Crippen LogP contribution in [-0.2, 0) is 6.54 Å². The predicted molar refractivity (Wildman–Crippen MR) is 77.3 cm³/mol. The predicted octanol–water partition coefficient (Wildman–Crippen LogP) is 2.99. The summed E-state index contributed by atoms with van der Waals surface area (Å²) in [5.74, 6) is 2.24. The lowest BCUT2D eigenvalue weighted by Crippen LogP contribution is -2.14. The van der Waals surface area contributed by atoms with E-state index in [1.807, 2.05) is 32.9 Å². The van der Waals surface area contributed by atoms with E-state index >= 15 is 0 Å². The normalized spacial score (nSPS) is 10.3. The van der Waals surface area contributed by atoms with E-state index in [1.54, 1.807) is 0 Å². The van der Waals surface area contributed by atoms with Gasteiger partial charge in [-0.2, -0.15) is 0 Å². The summed E-state index contributed by atoms with van der Waals surface area (Å²) in [5, 5.41) is 3.31. The standard InChI is InChI=1S/C15H25NO3/c1-5-16-11-12-9-10-13(17-6-2)15(19-8-4)14(12)18-7-3/h9-10,16H,5-8,11H2,1-4H3. The summed E-state index contributed by atoms with van der Waals surface area (Å²) < 4.78 is 17.1. The van der Waals surface area contributed by atoms with Crippen LogP contribution in [0.25, 0.3) is 0 Å². The average molecular weight is 267 g/mol.